The SMILES string of the molecule is C[C@H](c1cccc(-c2nccn2-c2ccc(S(N)(=O)=O)cc2)c1)N(C)C. The molecule has 26 heavy (non-hydrogen) atoms. The van der Waals surface area contributed by atoms with Gasteiger partial charge in [0.15, 0.2) is 0 Å². The third-order valence-electron chi connectivity index (χ3n) is 4.49. The minimum Gasteiger partial charge on any atom is -0.303 e. The van der Waals surface area contributed by atoms with Crippen molar-refractivity contribution < 1.29 is 8.42 Å². The number of imidazole rings is 1. The van der Waals surface area contributed by atoms with E-state index in [1.165, 1.54) is 17.7 Å². The molecular formula is C19H22N4O2S. The summed E-state index contributed by atoms with van der Waals surface area (Å²) in [5, 5.41) is 5.16. The second kappa shape index (κ2) is 7.03. The summed E-state index contributed by atoms with van der Waals surface area (Å²) in [6.45, 7) is 2.15. The maximum atomic E-state index is 11.4. The summed E-state index contributed by atoms with van der Waals surface area (Å²) in [5.41, 5.74) is 3.01. The fraction of sp³-hybridized carbons (Fsp3) is 0.211. The zero-order valence-electron chi connectivity index (χ0n) is 15.0. The molecule has 0 fully saturated rings. The van der Waals surface area contributed by atoms with Crippen LogP contribution in [-0.4, -0.2) is 37.0 Å². The standard InChI is InChI=1S/C19H22N4O2S/c1-14(22(2)3)15-5-4-6-16(13-15)19-21-11-12-23(19)17-7-9-18(10-8-17)26(20,24)25/h4-14H,1-3H3,(H2,20,24,25)/t14-/m1/s1. The quantitative estimate of drug-likeness (QED) is 0.749. The van der Waals surface area contributed by atoms with E-state index >= 15 is 0 Å². The number of sulfonamides is 1. The molecule has 0 saturated heterocycles. The van der Waals surface area contributed by atoms with Crippen molar-refractivity contribution in [2.24, 2.45) is 5.14 Å². The number of rotatable bonds is 5. The van der Waals surface area contributed by atoms with Gasteiger partial charge >= 0.3 is 0 Å². The van der Waals surface area contributed by atoms with Gasteiger partial charge < -0.3 is 4.90 Å². The van der Waals surface area contributed by atoms with Gasteiger partial charge in [0.25, 0.3) is 0 Å². The highest BCUT2D eigenvalue weighted by Gasteiger charge is 2.13. The highest BCUT2D eigenvalue weighted by Crippen LogP contribution is 2.26. The normalized spacial score (nSPS) is 13.1. The van der Waals surface area contributed by atoms with Crippen molar-refractivity contribution in [2.75, 3.05) is 14.1 Å². The molecule has 0 aliphatic heterocycles. The zero-order chi connectivity index (χ0) is 18.9. The van der Waals surface area contributed by atoms with Gasteiger partial charge in [0.2, 0.25) is 10.0 Å². The maximum absolute atomic E-state index is 11.4. The molecule has 0 aliphatic rings. The summed E-state index contributed by atoms with van der Waals surface area (Å²) in [4.78, 5) is 6.72. The summed E-state index contributed by atoms with van der Waals surface area (Å²) in [6, 6.07) is 15.0. The molecule has 1 atom stereocenters. The van der Waals surface area contributed by atoms with Crippen LogP contribution in [-0.2, 0) is 10.0 Å². The van der Waals surface area contributed by atoms with E-state index in [1.54, 1.807) is 18.3 Å². The van der Waals surface area contributed by atoms with E-state index in [9.17, 15) is 8.42 Å². The summed E-state index contributed by atoms with van der Waals surface area (Å²) in [5.74, 6) is 0.793. The molecule has 7 heteroatoms. The lowest BCUT2D eigenvalue weighted by Gasteiger charge is -2.20. The lowest BCUT2D eigenvalue weighted by Crippen LogP contribution is -2.16. The van der Waals surface area contributed by atoms with Gasteiger partial charge in [0.05, 0.1) is 4.90 Å². The van der Waals surface area contributed by atoms with Crippen LogP contribution in [0.25, 0.3) is 17.1 Å². The van der Waals surface area contributed by atoms with E-state index in [4.69, 9.17) is 5.14 Å². The van der Waals surface area contributed by atoms with E-state index in [1.807, 2.05) is 37.0 Å². The first-order chi connectivity index (χ1) is 12.3. The predicted molar refractivity (Wildman–Crippen MR) is 102 cm³/mol. The Kier molecular flexibility index (Phi) is 4.95. The first-order valence-electron chi connectivity index (χ1n) is 8.21. The number of benzene rings is 2. The molecule has 0 saturated carbocycles. The Bertz CT molecular complexity index is 1010. The number of hydrogen-bond donors (Lipinski definition) is 1. The summed E-state index contributed by atoms with van der Waals surface area (Å²) in [7, 11) is 0.390. The Morgan fingerprint density at radius 1 is 1.12 bits per heavy atom. The van der Waals surface area contributed by atoms with Gasteiger partial charge in [0, 0.05) is 29.7 Å². The van der Waals surface area contributed by atoms with E-state index in [-0.39, 0.29) is 10.9 Å². The van der Waals surface area contributed by atoms with Crippen molar-refractivity contribution in [1.29, 1.82) is 0 Å². The highest BCUT2D eigenvalue weighted by molar-refractivity contribution is 7.89. The van der Waals surface area contributed by atoms with Crippen LogP contribution in [0.15, 0.2) is 65.8 Å². The monoisotopic (exact) mass is 370 g/mol. The van der Waals surface area contributed by atoms with Crippen molar-refractivity contribution in [2.45, 2.75) is 17.9 Å². The van der Waals surface area contributed by atoms with Crippen LogP contribution in [0.4, 0.5) is 0 Å². The Labute approximate surface area is 154 Å². The minimum absolute atomic E-state index is 0.0877. The average molecular weight is 370 g/mol. The molecule has 1 heterocycles. The Morgan fingerprint density at radius 2 is 1.81 bits per heavy atom. The first kappa shape index (κ1) is 18.3. The average Bonchev–Trinajstić information content (AvgIpc) is 3.10. The van der Waals surface area contributed by atoms with Crippen molar-refractivity contribution >= 4 is 10.0 Å². The lowest BCUT2D eigenvalue weighted by molar-refractivity contribution is 0.321. The Hall–Kier alpha value is -2.48. The van der Waals surface area contributed by atoms with Crippen LogP contribution in [0.5, 0.6) is 0 Å². The first-order valence-corrected chi connectivity index (χ1v) is 9.75. The molecule has 0 amide bonds. The maximum Gasteiger partial charge on any atom is 0.238 e. The number of nitrogens with zero attached hydrogens (tertiary/aromatic N) is 3. The minimum atomic E-state index is -3.70. The van der Waals surface area contributed by atoms with Crippen molar-refractivity contribution in [3.8, 4) is 17.1 Å². The topological polar surface area (TPSA) is 81.2 Å². The lowest BCUT2D eigenvalue weighted by atomic mass is 10.0. The molecule has 136 valence electrons. The third-order valence-corrected chi connectivity index (χ3v) is 5.42. The van der Waals surface area contributed by atoms with E-state index in [0.29, 0.717) is 0 Å². The highest BCUT2D eigenvalue weighted by atomic mass is 32.2. The number of hydrogen-bond acceptors (Lipinski definition) is 4. The summed E-state index contributed by atoms with van der Waals surface area (Å²) < 4.78 is 24.8. The second-order valence-electron chi connectivity index (χ2n) is 6.42. The van der Waals surface area contributed by atoms with Crippen LogP contribution in [0.1, 0.15) is 18.5 Å². The third kappa shape index (κ3) is 3.70. The molecule has 6 nitrogen and oxygen atoms in total. The van der Waals surface area contributed by atoms with E-state index < -0.39 is 10.0 Å². The molecule has 0 radical (unpaired) electrons. The van der Waals surface area contributed by atoms with Crippen LogP contribution >= 0.6 is 0 Å². The molecule has 0 aliphatic carbocycles. The molecule has 1 aromatic heterocycles. The number of nitrogens with two attached hydrogens (primary N) is 1. The summed E-state index contributed by atoms with van der Waals surface area (Å²) >= 11 is 0. The molecule has 0 unspecified atom stereocenters. The van der Waals surface area contributed by atoms with Crippen molar-refractivity contribution in [3.05, 3.63) is 66.5 Å². The molecule has 0 spiro atoms. The molecule has 3 rings (SSSR count). The predicted octanol–water partition coefficient (Wildman–Crippen LogP) is 2.81. The van der Waals surface area contributed by atoms with Crippen molar-refractivity contribution in [3.63, 3.8) is 0 Å². The van der Waals surface area contributed by atoms with Gasteiger partial charge in [-0.25, -0.2) is 18.5 Å². The van der Waals surface area contributed by atoms with Crippen LogP contribution < -0.4 is 5.14 Å². The fourth-order valence-corrected chi connectivity index (χ4v) is 3.27. The number of aromatic nitrogens is 2. The molecular weight excluding hydrogens is 348 g/mol. The molecule has 2 N–H and O–H groups in total. The van der Waals surface area contributed by atoms with Gasteiger partial charge in [0.1, 0.15) is 5.82 Å². The second-order valence-corrected chi connectivity index (χ2v) is 7.99. The van der Waals surface area contributed by atoms with Crippen LogP contribution in [0.3, 0.4) is 0 Å². The fourth-order valence-electron chi connectivity index (χ4n) is 2.76. The Balaban J connectivity index is 2.01. The van der Waals surface area contributed by atoms with Gasteiger partial charge in [-0.15, -0.1) is 0 Å². The molecule has 0 bridgehead atoms. The zero-order valence-corrected chi connectivity index (χ0v) is 15.8. The van der Waals surface area contributed by atoms with Gasteiger partial charge in [-0.2, -0.15) is 0 Å². The summed E-state index contributed by atoms with van der Waals surface area (Å²) in [6.07, 6.45) is 3.58. The molecule has 3 aromatic rings. The van der Waals surface area contributed by atoms with Gasteiger partial charge in [-0.1, -0.05) is 18.2 Å². The van der Waals surface area contributed by atoms with Crippen LogP contribution in [0.2, 0.25) is 0 Å². The number of primary sulfonamides is 1. The molecule has 2 aromatic carbocycles. The van der Waals surface area contributed by atoms with E-state index in [2.05, 4.69) is 28.9 Å². The smallest absolute Gasteiger partial charge is 0.238 e. The van der Waals surface area contributed by atoms with Gasteiger partial charge in [-0.05, 0) is 56.9 Å². The largest absolute Gasteiger partial charge is 0.303 e. The van der Waals surface area contributed by atoms with Crippen molar-refractivity contribution in [1.82, 2.24) is 14.5 Å². The van der Waals surface area contributed by atoms with E-state index in [0.717, 1.165) is 17.1 Å². The van der Waals surface area contributed by atoms with Gasteiger partial charge in [-0.3, -0.25) is 4.57 Å². The van der Waals surface area contributed by atoms with Crippen LogP contribution in [0, 0.1) is 0 Å². The Morgan fingerprint density at radius 3 is 2.42 bits per heavy atom.